The topological polar surface area (TPSA) is 119 Å². The lowest BCUT2D eigenvalue weighted by Gasteiger charge is -2.28. The van der Waals surface area contributed by atoms with Gasteiger partial charge < -0.3 is 19.5 Å². The number of ether oxygens (including phenoxy) is 3. The molecule has 1 rings (SSSR count). The summed E-state index contributed by atoms with van der Waals surface area (Å²) >= 11 is 0. The fourth-order valence-electron chi connectivity index (χ4n) is 4.19. The van der Waals surface area contributed by atoms with Crippen molar-refractivity contribution in [3.63, 3.8) is 0 Å². The van der Waals surface area contributed by atoms with Gasteiger partial charge in [-0.25, -0.2) is 14.2 Å². The SMILES string of the molecule is CCCCCCCCCCCCCC[C@H]1OC(=O)O[C@H]1[C@H](COP(=O)(OC)OC)NC(=O)OC(C)(C)C. The number of nitrogens with one attached hydrogen (secondary N) is 1. The van der Waals surface area contributed by atoms with E-state index < -0.39 is 43.9 Å². The average molecular weight is 552 g/mol. The van der Waals surface area contributed by atoms with E-state index >= 15 is 0 Å². The lowest BCUT2D eigenvalue weighted by molar-refractivity contribution is 0.0303. The molecule has 1 aliphatic heterocycles. The molecule has 1 amide bonds. The second-order valence-corrected chi connectivity index (χ2v) is 12.4. The van der Waals surface area contributed by atoms with E-state index in [1.54, 1.807) is 20.8 Å². The van der Waals surface area contributed by atoms with Crippen molar-refractivity contribution in [1.29, 1.82) is 0 Å². The Balaban J connectivity index is 2.54. The second kappa shape index (κ2) is 18.0. The van der Waals surface area contributed by atoms with Gasteiger partial charge in [-0.15, -0.1) is 0 Å². The zero-order valence-corrected chi connectivity index (χ0v) is 24.6. The van der Waals surface area contributed by atoms with Gasteiger partial charge in [0.05, 0.1) is 12.6 Å². The highest BCUT2D eigenvalue weighted by molar-refractivity contribution is 7.48. The Morgan fingerprint density at radius 2 is 1.43 bits per heavy atom. The maximum Gasteiger partial charge on any atom is 0.509 e. The minimum Gasteiger partial charge on any atom is -0.444 e. The van der Waals surface area contributed by atoms with Gasteiger partial charge in [0.15, 0.2) is 6.10 Å². The smallest absolute Gasteiger partial charge is 0.444 e. The molecular weight excluding hydrogens is 501 g/mol. The van der Waals surface area contributed by atoms with Crippen LogP contribution < -0.4 is 5.32 Å². The fourth-order valence-corrected chi connectivity index (χ4v) is 4.89. The minimum absolute atomic E-state index is 0.297. The number of amides is 1. The van der Waals surface area contributed by atoms with Crippen LogP contribution in [0.25, 0.3) is 0 Å². The number of carbonyl (C=O) groups excluding carboxylic acids is 2. The maximum absolute atomic E-state index is 12.4. The van der Waals surface area contributed by atoms with Gasteiger partial charge in [0.2, 0.25) is 0 Å². The van der Waals surface area contributed by atoms with Gasteiger partial charge in [-0.1, -0.05) is 77.6 Å². The molecule has 0 radical (unpaired) electrons. The molecule has 0 saturated carbocycles. The lowest BCUT2D eigenvalue weighted by Crippen LogP contribution is -2.51. The molecule has 0 aromatic heterocycles. The standard InChI is InChI=1S/C26H50NO9P/c1-7-8-9-10-11-12-13-14-15-16-17-18-19-22-23(35-25(29)34-22)21(20-33-37(30,31-5)32-6)27-24(28)36-26(2,3)4/h21-23H,7-20H2,1-6H3,(H,27,28)/t21-,22+,23-/m0/s1. The van der Waals surface area contributed by atoms with Crippen molar-refractivity contribution in [2.75, 3.05) is 20.8 Å². The molecule has 1 heterocycles. The van der Waals surface area contributed by atoms with E-state index in [0.29, 0.717) is 6.42 Å². The van der Waals surface area contributed by atoms with Gasteiger partial charge in [0.1, 0.15) is 11.7 Å². The monoisotopic (exact) mass is 551 g/mol. The van der Waals surface area contributed by atoms with Crippen LogP contribution in [0.3, 0.4) is 0 Å². The predicted molar refractivity (Wildman–Crippen MR) is 142 cm³/mol. The highest BCUT2D eigenvalue weighted by Gasteiger charge is 2.44. The zero-order valence-electron chi connectivity index (χ0n) is 23.8. The Morgan fingerprint density at radius 3 is 1.92 bits per heavy atom. The van der Waals surface area contributed by atoms with Gasteiger partial charge in [0.25, 0.3) is 0 Å². The number of phosphoric ester groups is 1. The van der Waals surface area contributed by atoms with E-state index in [0.717, 1.165) is 19.3 Å². The number of cyclic esters (lactones) is 2. The van der Waals surface area contributed by atoms with E-state index in [9.17, 15) is 14.2 Å². The van der Waals surface area contributed by atoms with E-state index in [2.05, 4.69) is 12.2 Å². The van der Waals surface area contributed by atoms with Crippen LogP contribution >= 0.6 is 7.82 Å². The van der Waals surface area contributed by atoms with E-state index in [-0.39, 0.29) is 6.61 Å². The summed E-state index contributed by atoms with van der Waals surface area (Å²) in [6.45, 7) is 7.14. The number of hydrogen-bond donors (Lipinski definition) is 1. The van der Waals surface area contributed by atoms with Crippen LogP contribution in [0.15, 0.2) is 0 Å². The van der Waals surface area contributed by atoms with Crippen LogP contribution in [-0.2, 0) is 32.3 Å². The fraction of sp³-hybridized carbons (Fsp3) is 0.923. The number of phosphoric acid groups is 1. The van der Waals surface area contributed by atoms with Crippen LogP contribution in [0.1, 0.15) is 111 Å². The molecule has 11 heteroatoms. The first-order chi connectivity index (χ1) is 17.5. The molecule has 0 aliphatic carbocycles. The molecule has 0 unspecified atom stereocenters. The lowest BCUT2D eigenvalue weighted by atomic mass is 9.99. The van der Waals surface area contributed by atoms with Crippen LogP contribution in [0.4, 0.5) is 9.59 Å². The first-order valence-electron chi connectivity index (χ1n) is 13.8. The Kier molecular flexibility index (Phi) is 16.4. The Labute approximate surface area is 223 Å². The summed E-state index contributed by atoms with van der Waals surface area (Å²) in [6, 6.07) is -0.887. The molecule has 1 saturated heterocycles. The van der Waals surface area contributed by atoms with E-state index in [4.69, 9.17) is 27.8 Å². The molecule has 3 atom stereocenters. The summed E-state index contributed by atoms with van der Waals surface area (Å²) in [5.41, 5.74) is -0.735. The molecular formula is C26H50NO9P. The van der Waals surface area contributed by atoms with Crippen LogP contribution in [0.5, 0.6) is 0 Å². The minimum atomic E-state index is -3.82. The molecule has 0 aromatic rings. The molecule has 1 aliphatic rings. The number of hydrogen-bond acceptors (Lipinski definition) is 9. The molecule has 1 fully saturated rings. The molecule has 0 spiro atoms. The Morgan fingerprint density at radius 1 is 0.919 bits per heavy atom. The largest absolute Gasteiger partial charge is 0.509 e. The normalized spacial score (nSPS) is 18.8. The third-order valence-electron chi connectivity index (χ3n) is 6.15. The second-order valence-electron chi connectivity index (χ2n) is 10.5. The first kappa shape index (κ1) is 33.7. The van der Waals surface area contributed by atoms with Gasteiger partial charge in [-0.2, -0.15) is 0 Å². The number of rotatable bonds is 20. The van der Waals surface area contributed by atoms with Crippen molar-refractivity contribution in [2.45, 2.75) is 135 Å². The third kappa shape index (κ3) is 15.0. The highest BCUT2D eigenvalue weighted by Crippen LogP contribution is 2.47. The Hall–Kier alpha value is -1.35. The number of alkyl carbamates (subject to hydrolysis) is 1. The van der Waals surface area contributed by atoms with Gasteiger partial charge >= 0.3 is 20.1 Å². The third-order valence-corrected chi connectivity index (χ3v) is 7.51. The summed E-state index contributed by atoms with van der Waals surface area (Å²) in [4.78, 5) is 24.4. The molecule has 0 aromatic carbocycles. The van der Waals surface area contributed by atoms with Crippen molar-refractivity contribution in [3.8, 4) is 0 Å². The van der Waals surface area contributed by atoms with Crippen LogP contribution in [0.2, 0.25) is 0 Å². The molecule has 37 heavy (non-hydrogen) atoms. The number of carbonyl (C=O) groups is 2. The summed E-state index contributed by atoms with van der Waals surface area (Å²) in [5, 5.41) is 2.66. The zero-order chi connectivity index (χ0) is 27.7. The van der Waals surface area contributed by atoms with Crippen molar-refractivity contribution in [1.82, 2.24) is 5.32 Å². The van der Waals surface area contributed by atoms with Gasteiger partial charge in [0, 0.05) is 14.2 Å². The summed E-state index contributed by atoms with van der Waals surface area (Å²) in [6.07, 6.45) is 12.3. The van der Waals surface area contributed by atoms with Crippen molar-refractivity contribution in [2.24, 2.45) is 0 Å². The number of unbranched alkanes of at least 4 members (excludes halogenated alkanes) is 11. The van der Waals surface area contributed by atoms with Crippen LogP contribution in [-0.4, -0.2) is 56.9 Å². The van der Waals surface area contributed by atoms with Crippen molar-refractivity contribution in [3.05, 3.63) is 0 Å². The molecule has 218 valence electrons. The molecule has 10 nitrogen and oxygen atoms in total. The van der Waals surface area contributed by atoms with Crippen molar-refractivity contribution < 1.29 is 41.9 Å². The quantitative estimate of drug-likeness (QED) is 0.0944. The first-order valence-corrected chi connectivity index (χ1v) is 15.2. The molecule has 0 bridgehead atoms. The van der Waals surface area contributed by atoms with E-state index in [1.165, 1.54) is 72.0 Å². The summed E-state index contributed by atoms with van der Waals surface area (Å²) < 4.78 is 43.4. The predicted octanol–water partition coefficient (Wildman–Crippen LogP) is 7.29. The van der Waals surface area contributed by atoms with Crippen LogP contribution in [0, 0.1) is 0 Å². The molecule has 1 N–H and O–H groups in total. The maximum atomic E-state index is 12.4. The average Bonchev–Trinajstić information content (AvgIpc) is 3.21. The summed E-state index contributed by atoms with van der Waals surface area (Å²) in [7, 11) is -1.44. The Bertz CT molecular complexity index is 690. The summed E-state index contributed by atoms with van der Waals surface area (Å²) in [5.74, 6) is 0. The van der Waals surface area contributed by atoms with Gasteiger partial charge in [-0.05, 0) is 33.6 Å². The van der Waals surface area contributed by atoms with E-state index in [1.807, 2.05) is 0 Å². The highest BCUT2D eigenvalue weighted by atomic mass is 31.2. The van der Waals surface area contributed by atoms with Crippen molar-refractivity contribution >= 4 is 20.1 Å². The van der Waals surface area contributed by atoms with Gasteiger partial charge in [-0.3, -0.25) is 13.6 Å².